The number of methoxy groups -OCH3 is 1. The van der Waals surface area contributed by atoms with E-state index in [0.29, 0.717) is 20.1 Å². The van der Waals surface area contributed by atoms with Crippen LogP contribution in [0.4, 0.5) is 10.8 Å². The zero-order valence-electron chi connectivity index (χ0n) is 16.1. The summed E-state index contributed by atoms with van der Waals surface area (Å²) in [6.45, 7) is 1.91. The molecule has 1 aromatic carbocycles. The van der Waals surface area contributed by atoms with Gasteiger partial charge in [0.25, 0.3) is 5.91 Å². The SMILES string of the molecule is COc1ccc(N=C2NC(=O)C(=Cc3cnc(NC(=O)CCC(=O)O)s3)S2)c(C)c1. The maximum absolute atomic E-state index is 12.3. The lowest BCUT2D eigenvalue weighted by Crippen LogP contribution is -2.19. The standard InChI is InChI=1S/C19H18N4O5S2/c1-10-7-11(28-2)3-4-13(10)21-19-23-17(27)14(30-19)8-12-9-20-18(29-12)22-15(24)5-6-16(25)26/h3-4,7-9H,5-6H2,1-2H3,(H,25,26)(H,20,22,24)(H,21,23,27). The van der Waals surface area contributed by atoms with Crippen LogP contribution >= 0.6 is 23.1 Å². The molecule has 156 valence electrons. The summed E-state index contributed by atoms with van der Waals surface area (Å²) in [7, 11) is 1.59. The Bertz CT molecular complexity index is 1060. The molecule has 0 bridgehead atoms. The third-order valence-corrected chi connectivity index (χ3v) is 5.66. The average Bonchev–Trinajstić information content (AvgIpc) is 3.28. The van der Waals surface area contributed by atoms with Crippen LogP contribution in [0.1, 0.15) is 23.3 Å². The van der Waals surface area contributed by atoms with Crippen molar-refractivity contribution in [2.75, 3.05) is 12.4 Å². The zero-order chi connectivity index (χ0) is 21.7. The number of thiazole rings is 1. The molecular formula is C19H18N4O5S2. The number of hydrogen-bond acceptors (Lipinski definition) is 8. The molecule has 0 atom stereocenters. The minimum atomic E-state index is -1.04. The van der Waals surface area contributed by atoms with E-state index in [0.717, 1.165) is 17.0 Å². The van der Waals surface area contributed by atoms with Crippen molar-refractivity contribution >= 4 is 62.9 Å². The van der Waals surface area contributed by atoms with Crippen LogP contribution in [0.3, 0.4) is 0 Å². The van der Waals surface area contributed by atoms with Crippen LogP contribution in [-0.4, -0.2) is 40.2 Å². The van der Waals surface area contributed by atoms with Crippen LogP contribution in [0.2, 0.25) is 0 Å². The normalized spacial score (nSPS) is 16.0. The van der Waals surface area contributed by atoms with E-state index in [4.69, 9.17) is 9.84 Å². The second kappa shape index (κ2) is 9.55. The van der Waals surface area contributed by atoms with Gasteiger partial charge in [0.05, 0.1) is 29.0 Å². The van der Waals surface area contributed by atoms with Crippen molar-refractivity contribution < 1.29 is 24.2 Å². The van der Waals surface area contributed by atoms with E-state index in [2.05, 4.69) is 20.6 Å². The summed E-state index contributed by atoms with van der Waals surface area (Å²) in [5.41, 5.74) is 1.64. The first-order valence-corrected chi connectivity index (χ1v) is 10.4. The van der Waals surface area contributed by atoms with E-state index >= 15 is 0 Å². The van der Waals surface area contributed by atoms with E-state index in [9.17, 15) is 14.4 Å². The summed E-state index contributed by atoms with van der Waals surface area (Å²) in [6, 6.07) is 5.48. The fourth-order valence-electron chi connectivity index (χ4n) is 2.41. The minimum absolute atomic E-state index is 0.131. The molecule has 0 spiro atoms. The summed E-state index contributed by atoms with van der Waals surface area (Å²) >= 11 is 2.39. The van der Waals surface area contributed by atoms with Gasteiger partial charge in [-0.3, -0.25) is 14.4 Å². The van der Waals surface area contributed by atoms with Gasteiger partial charge in [0, 0.05) is 12.6 Å². The maximum Gasteiger partial charge on any atom is 0.303 e. The molecule has 1 aliphatic rings. The largest absolute Gasteiger partial charge is 0.497 e. The predicted octanol–water partition coefficient (Wildman–Crippen LogP) is 3.16. The van der Waals surface area contributed by atoms with Crippen molar-refractivity contribution in [3.8, 4) is 5.75 Å². The third-order valence-electron chi connectivity index (χ3n) is 3.89. The molecule has 9 nitrogen and oxygen atoms in total. The number of aliphatic imine (C=N–C) groups is 1. The summed E-state index contributed by atoms with van der Waals surface area (Å²) < 4.78 is 5.18. The summed E-state index contributed by atoms with van der Waals surface area (Å²) in [5.74, 6) is -1.01. The first-order valence-electron chi connectivity index (χ1n) is 8.76. The van der Waals surface area contributed by atoms with Crippen molar-refractivity contribution in [2.45, 2.75) is 19.8 Å². The number of carboxylic acids is 1. The number of hydrogen-bond donors (Lipinski definition) is 3. The highest BCUT2D eigenvalue weighted by Crippen LogP contribution is 2.31. The van der Waals surface area contributed by atoms with Gasteiger partial charge in [-0.15, -0.1) is 0 Å². The van der Waals surface area contributed by atoms with Gasteiger partial charge in [0.1, 0.15) is 5.75 Å². The predicted molar refractivity (Wildman–Crippen MR) is 116 cm³/mol. The summed E-state index contributed by atoms with van der Waals surface area (Å²) in [6.07, 6.45) is 2.81. The van der Waals surface area contributed by atoms with E-state index in [-0.39, 0.29) is 18.7 Å². The number of thioether (sulfide) groups is 1. The van der Waals surface area contributed by atoms with Crippen LogP contribution in [0, 0.1) is 6.92 Å². The Kier molecular flexibility index (Phi) is 6.85. The molecule has 3 N–H and O–H groups in total. The van der Waals surface area contributed by atoms with Crippen molar-refractivity contribution in [2.24, 2.45) is 4.99 Å². The van der Waals surface area contributed by atoms with Crippen molar-refractivity contribution in [3.63, 3.8) is 0 Å². The molecule has 1 aliphatic heterocycles. The average molecular weight is 447 g/mol. The summed E-state index contributed by atoms with van der Waals surface area (Å²) in [5, 5.41) is 14.7. The van der Waals surface area contributed by atoms with Gasteiger partial charge < -0.3 is 20.5 Å². The number of amidine groups is 1. The van der Waals surface area contributed by atoms with E-state index in [1.54, 1.807) is 19.3 Å². The first kappa shape index (κ1) is 21.5. The van der Waals surface area contributed by atoms with Gasteiger partial charge >= 0.3 is 5.97 Å². The molecular weight excluding hydrogens is 428 g/mol. The van der Waals surface area contributed by atoms with E-state index < -0.39 is 11.9 Å². The van der Waals surface area contributed by atoms with Crippen molar-refractivity contribution in [1.29, 1.82) is 0 Å². The smallest absolute Gasteiger partial charge is 0.303 e. The number of carboxylic acid groups (broad SMARTS) is 1. The van der Waals surface area contributed by atoms with Crippen LogP contribution in [0.5, 0.6) is 5.75 Å². The second-order valence-corrected chi connectivity index (χ2v) is 8.24. The number of aryl methyl sites for hydroxylation is 1. The number of rotatable bonds is 7. The molecule has 2 amide bonds. The number of amides is 2. The molecule has 0 saturated carbocycles. The van der Waals surface area contributed by atoms with Crippen LogP contribution in [-0.2, 0) is 14.4 Å². The van der Waals surface area contributed by atoms with Gasteiger partial charge in [-0.05, 0) is 48.5 Å². The topological polar surface area (TPSA) is 130 Å². The number of carbonyl (C=O) groups is 3. The highest BCUT2D eigenvalue weighted by atomic mass is 32.2. The van der Waals surface area contributed by atoms with Gasteiger partial charge in [-0.1, -0.05) is 11.3 Å². The second-order valence-electron chi connectivity index (χ2n) is 6.14. The van der Waals surface area contributed by atoms with Gasteiger partial charge in [-0.25, -0.2) is 9.98 Å². The highest BCUT2D eigenvalue weighted by molar-refractivity contribution is 8.18. The maximum atomic E-state index is 12.3. The Morgan fingerprint density at radius 1 is 1.37 bits per heavy atom. The Morgan fingerprint density at radius 2 is 2.17 bits per heavy atom. The number of benzene rings is 1. The quantitative estimate of drug-likeness (QED) is 0.557. The van der Waals surface area contributed by atoms with Crippen LogP contribution < -0.4 is 15.4 Å². The molecule has 2 aromatic rings. The Balaban J connectivity index is 1.67. The third kappa shape index (κ3) is 5.67. The number of aromatic nitrogens is 1. The van der Waals surface area contributed by atoms with Gasteiger partial charge in [0.15, 0.2) is 10.3 Å². The molecule has 0 unspecified atom stereocenters. The Hall–Kier alpha value is -3.18. The highest BCUT2D eigenvalue weighted by Gasteiger charge is 2.24. The number of carbonyl (C=O) groups excluding carboxylic acids is 2. The number of nitrogens with one attached hydrogen (secondary N) is 2. The van der Waals surface area contributed by atoms with Crippen LogP contribution in [0.25, 0.3) is 6.08 Å². The fourth-order valence-corrected chi connectivity index (χ4v) is 4.09. The molecule has 1 saturated heterocycles. The molecule has 1 aromatic heterocycles. The fraction of sp³-hybridized carbons (Fsp3) is 0.211. The number of anilines is 1. The zero-order valence-corrected chi connectivity index (χ0v) is 17.7. The molecule has 30 heavy (non-hydrogen) atoms. The van der Waals surface area contributed by atoms with Crippen molar-refractivity contribution in [1.82, 2.24) is 10.3 Å². The van der Waals surface area contributed by atoms with E-state index in [1.807, 2.05) is 19.1 Å². The molecule has 0 aliphatic carbocycles. The van der Waals surface area contributed by atoms with E-state index in [1.165, 1.54) is 29.3 Å². The van der Waals surface area contributed by atoms with Gasteiger partial charge in [-0.2, -0.15) is 0 Å². The summed E-state index contributed by atoms with van der Waals surface area (Å²) in [4.78, 5) is 44.2. The lowest BCUT2D eigenvalue weighted by molar-refractivity contribution is -0.138. The lowest BCUT2D eigenvalue weighted by atomic mass is 10.2. The molecule has 2 heterocycles. The minimum Gasteiger partial charge on any atom is -0.497 e. The monoisotopic (exact) mass is 446 g/mol. The van der Waals surface area contributed by atoms with Crippen molar-refractivity contribution in [3.05, 3.63) is 39.7 Å². The Morgan fingerprint density at radius 3 is 2.87 bits per heavy atom. The molecule has 1 fully saturated rings. The first-order chi connectivity index (χ1) is 14.3. The lowest BCUT2D eigenvalue weighted by Gasteiger charge is -2.04. The van der Waals surface area contributed by atoms with Gasteiger partial charge in [0.2, 0.25) is 5.91 Å². The number of ether oxygens (including phenoxy) is 1. The van der Waals surface area contributed by atoms with Crippen LogP contribution in [0.15, 0.2) is 34.3 Å². The Labute approximate surface area is 180 Å². The molecule has 11 heteroatoms. The molecule has 0 radical (unpaired) electrons. The number of aliphatic carboxylic acids is 1. The molecule has 3 rings (SSSR count). The number of nitrogens with zero attached hydrogens (tertiary/aromatic N) is 2.